The van der Waals surface area contributed by atoms with Crippen LogP contribution in [0.15, 0.2) is 17.3 Å². The summed E-state index contributed by atoms with van der Waals surface area (Å²) in [5.41, 5.74) is 0. The summed E-state index contributed by atoms with van der Waals surface area (Å²) >= 11 is 5.65. The maximum absolute atomic E-state index is 12.7. The first-order chi connectivity index (χ1) is 9.95. The van der Waals surface area contributed by atoms with E-state index in [-0.39, 0.29) is 10.9 Å². The lowest BCUT2D eigenvalue weighted by molar-refractivity contribution is 0.239. The Kier molecular flexibility index (Phi) is 5.68. The summed E-state index contributed by atoms with van der Waals surface area (Å²) in [6, 6.07) is 0.102. The van der Waals surface area contributed by atoms with Gasteiger partial charge in [-0.15, -0.1) is 11.6 Å². The smallest absolute Gasteiger partial charge is 0.246 e. The standard InChI is InChI=1S/C14H24ClN3O2S/c1-12-5-3-6-13(9-12)17(2)21(19,20)14-10-16-18(11-14)8-4-7-15/h10-13H,3-9H2,1-2H3. The second kappa shape index (κ2) is 7.11. The highest BCUT2D eigenvalue weighted by Gasteiger charge is 2.31. The monoisotopic (exact) mass is 333 g/mol. The van der Waals surface area contributed by atoms with Gasteiger partial charge in [0, 0.05) is 31.7 Å². The molecule has 1 aliphatic rings. The molecule has 120 valence electrons. The summed E-state index contributed by atoms with van der Waals surface area (Å²) in [5, 5.41) is 4.11. The Bertz CT molecular complexity index is 558. The summed E-state index contributed by atoms with van der Waals surface area (Å²) in [7, 11) is -1.76. The average Bonchev–Trinajstić information content (AvgIpc) is 2.93. The molecular formula is C14H24ClN3O2S. The van der Waals surface area contributed by atoms with Crippen molar-refractivity contribution in [2.24, 2.45) is 5.92 Å². The fourth-order valence-corrected chi connectivity index (χ4v) is 4.39. The molecule has 0 aromatic carbocycles. The van der Waals surface area contributed by atoms with Gasteiger partial charge in [0.05, 0.1) is 6.20 Å². The van der Waals surface area contributed by atoms with Crippen LogP contribution in [0.1, 0.15) is 39.0 Å². The third-order valence-corrected chi connectivity index (χ3v) is 6.36. The zero-order chi connectivity index (χ0) is 15.5. The molecule has 1 aliphatic carbocycles. The minimum Gasteiger partial charge on any atom is -0.271 e. The molecule has 7 heteroatoms. The molecule has 0 amide bonds. The van der Waals surface area contributed by atoms with Crippen molar-refractivity contribution in [1.82, 2.24) is 14.1 Å². The van der Waals surface area contributed by atoms with Crippen LogP contribution in [0.5, 0.6) is 0 Å². The molecule has 1 heterocycles. The van der Waals surface area contributed by atoms with Gasteiger partial charge in [-0.25, -0.2) is 8.42 Å². The minimum atomic E-state index is -3.45. The van der Waals surface area contributed by atoms with Crippen molar-refractivity contribution in [1.29, 1.82) is 0 Å². The number of hydrogen-bond acceptors (Lipinski definition) is 3. The van der Waals surface area contributed by atoms with Crippen LogP contribution in [0.25, 0.3) is 0 Å². The molecule has 0 aliphatic heterocycles. The van der Waals surface area contributed by atoms with Crippen molar-refractivity contribution < 1.29 is 8.42 Å². The number of aryl methyl sites for hydroxylation is 1. The van der Waals surface area contributed by atoms with Crippen LogP contribution in [0.4, 0.5) is 0 Å². The summed E-state index contributed by atoms with van der Waals surface area (Å²) in [6.45, 7) is 2.83. The van der Waals surface area contributed by atoms with Gasteiger partial charge in [0.15, 0.2) is 0 Å². The molecular weight excluding hydrogens is 310 g/mol. The van der Waals surface area contributed by atoms with Gasteiger partial charge in [-0.1, -0.05) is 19.8 Å². The fourth-order valence-electron chi connectivity index (χ4n) is 2.92. The van der Waals surface area contributed by atoms with E-state index in [4.69, 9.17) is 11.6 Å². The highest BCUT2D eigenvalue weighted by atomic mass is 35.5. The van der Waals surface area contributed by atoms with Crippen LogP contribution in [0.3, 0.4) is 0 Å². The zero-order valence-electron chi connectivity index (χ0n) is 12.7. The van der Waals surface area contributed by atoms with E-state index in [1.165, 1.54) is 16.9 Å². The first kappa shape index (κ1) is 16.8. The van der Waals surface area contributed by atoms with E-state index in [0.29, 0.717) is 18.3 Å². The van der Waals surface area contributed by atoms with E-state index in [9.17, 15) is 8.42 Å². The van der Waals surface area contributed by atoms with Gasteiger partial charge in [-0.05, 0) is 25.2 Å². The molecule has 0 bridgehead atoms. The van der Waals surface area contributed by atoms with Gasteiger partial charge in [-0.3, -0.25) is 4.68 Å². The predicted octanol–water partition coefficient (Wildman–Crippen LogP) is 2.71. The topological polar surface area (TPSA) is 55.2 Å². The second-order valence-electron chi connectivity index (χ2n) is 5.93. The number of alkyl halides is 1. The van der Waals surface area contributed by atoms with Crippen molar-refractivity contribution >= 4 is 21.6 Å². The Morgan fingerprint density at radius 3 is 2.90 bits per heavy atom. The van der Waals surface area contributed by atoms with E-state index in [1.807, 2.05) is 0 Å². The van der Waals surface area contributed by atoms with E-state index in [1.54, 1.807) is 17.9 Å². The van der Waals surface area contributed by atoms with Crippen LogP contribution in [-0.2, 0) is 16.6 Å². The molecule has 2 rings (SSSR count). The number of hydrogen-bond donors (Lipinski definition) is 0. The van der Waals surface area contributed by atoms with Gasteiger partial charge in [0.2, 0.25) is 10.0 Å². The molecule has 0 spiro atoms. The highest BCUT2D eigenvalue weighted by Crippen LogP contribution is 2.29. The minimum absolute atomic E-state index is 0.102. The lowest BCUT2D eigenvalue weighted by atomic mass is 9.87. The molecule has 1 aromatic heterocycles. The third kappa shape index (κ3) is 3.99. The fraction of sp³-hybridized carbons (Fsp3) is 0.786. The number of aromatic nitrogens is 2. The van der Waals surface area contributed by atoms with Crippen LogP contribution in [-0.4, -0.2) is 41.5 Å². The van der Waals surface area contributed by atoms with Crippen LogP contribution < -0.4 is 0 Å². The maximum Gasteiger partial charge on any atom is 0.246 e. The highest BCUT2D eigenvalue weighted by molar-refractivity contribution is 7.89. The van der Waals surface area contributed by atoms with E-state index >= 15 is 0 Å². The molecule has 1 saturated carbocycles. The second-order valence-corrected chi connectivity index (χ2v) is 8.30. The molecule has 1 aromatic rings. The third-order valence-electron chi connectivity index (χ3n) is 4.23. The molecule has 2 atom stereocenters. The number of sulfonamides is 1. The molecule has 2 unspecified atom stereocenters. The quantitative estimate of drug-likeness (QED) is 0.752. The predicted molar refractivity (Wildman–Crippen MR) is 83.9 cm³/mol. The summed E-state index contributed by atoms with van der Waals surface area (Å²) in [5.74, 6) is 1.13. The molecule has 0 saturated heterocycles. The van der Waals surface area contributed by atoms with E-state index in [2.05, 4.69) is 12.0 Å². The Balaban J connectivity index is 2.11. The SMILES string of the molecule is CC1CCCC(N(C)S(=O)(=O)c2cnn(CCCCl)c2)C1. The van der Waals surface area contributed by atoms with Crippen molar-refractivity contribution in [2.45, 2.75) is 56.5 Å². The summed E-state index contributed by atoms with van der Waals surface area (Å²) in [4.78, 5) is 0.276. The van der Waals surface area contributed by atoms with Gasteiger partial charge < -0.3 is 0 Å². The summed E-state index contributed by atoms with van der Waals surface area (Å²) in [6.07, 6.45) is 7.99. The van der Waals surface area contributed by atoms with Gasteiger partial charge in [0.25, 0.3) is 0 Å². The molecule has 5 nitrogen and oxygen atoms in total. The first-order valence-corrected chi connectivity index (χ1v) is 9.49. The van der Waals surface area contributed by atoms with E-state index < -0.39 is 10.0 Å². The van der Waals surface area contributed by atoms with Gasteiger partial charge >= 0.3 is 0 Å². The summed E-state index contributed by atoms with van der Waals surface area (Å²) < 4.78 is 28.5. The molecule has 0 radical (unpaired) electrons. The lowest BCUT2D eigenvalue weighted by Crippen LogP contribution is -2.39. The first-order valence-electron chi connectivity index (χ1n) is 7.51. The molecule has 1 fully saturated rings. The van der Waals surface area contributed by atoms with Crippen molar-refractivity contribution in [3.05, 3.63) is 12.4 Å². The molecule has 0 N–H and O–H groups in total. The Labute approximate surface area is 132 Å². The number of rotatable bonds is 6. The molecule has 21 heavy (non-hydrogen) atoms. The Morgan fingerprint density at radius 1 is 1.48 bits per heavy atom. The van der Waals surface area contributed by atoms with Gasteiger partial charge in [0.1, 0.15) is 4.90 Å². The van der Waals surface area contributed by atoms with Gasteiger partial charge in [-0.2, -0.15) is 9.40 Å². The van der Waals surface area contributed by atoms with Crippen LogP contribution in [0, 0.1) is 5.92 Å². The Morgan fingerprint density at radius 2 is 2.24 bits per heavy atom. The van der Waals surface area contributed by atoms with E-state index in [0.717, 1.165) is 25.7 Å². The van der Waals surface area contributed by atoms with Crippen LogP contribution in [0.2, 0.25) is 0 Å². The van der Waals surface area contributed by atoms with Crippen molar-refractivity contribution in [3.63, 3.8) is 0 Å². The lowest BCUT2D eigenvalue weighted by Gasteiger charge is -2.33. The number of halogens is 1. The van der Waals surface area contributed by atoms with Crippen molar-refractivity contribution in [2.75, 3.05) is 12.9 Å². The number of nitrogens with zero attached hydrogens (tertiary/aromatic N) is 3. The Hall–Kier alpha value is -0.590. The largest absolute Gasteiger partial charge is 0.271 e. The van der Waals surface area contributed by atoms with Crippen molar-refractivity contribution in [3.8, 4) is 0 Å². The average molecular weight is 334 g/mol. The zero-order valence-corrected chi connectivity index (χ0v) is 14.3. The maximum atomic E-state index is 12.7. The normalized spacial score (nSPS) is 23.6. The van der Waals surface area contributed by atoms with Crippen LogP contribution >= 0.6 is 11.6 Å².